The average Bonchev–Trinajstić information content (AvgIpc) is 2.40. The first-order chi connectivity index (χ1) is 9.01. The summed E-state index contributed by atoms with van der Waals surface area (Å²) in [6.45, 7) is 3.46. The van der Waals surface area contributed by atoms with Gasteiger partial charge in [0.25, 0.3) is 0 Å². The van der Waals surface area contributed by atoms with Crippen molar-refractivity contribution in [3.8, 4) is 0 Å². The monoisotopic (exact) mass is 267 g/mol. The largest absolute Gasteiger partial charge is 0.409 e. The third kappa shape index (κ3) is 3.67. The van der Waals surface area contributed by atoms with Gasteiger partial charge in [-0.25, -0.2) is 4.39 Å². The molecule has 0 aromatic heterocycles. The molecule has 1 unspecified atom stereocenters. The highest BCUT2D eigenvalue weighted by Crippen LogP contribution is 2.19. The van der Waals surface area contributed by atoms with Crippen molar-refractivity contribution in [1.29, 1.82) is 0 Å². The van der Waals surface area contributed by atoms with Gasteiger partial charge in [0.1, 0.15) is 5.82 Å². The lowest BCUT2D eigenvalue weighted by Gasteiger charge is -2.15. The van der Waals surface area contributed by atoms with Crippen molar-refractivity contribution in [2.45, 2.75) is 26.7 Å². The fourth-order valence-corrected chi connectivity index (χ4v) is 1.73. The number of benzene rings is 1. The lowest BCUT2D eigenvalue weighted by Crippen LogP contribution is -2.34. The zero-order valence-electron chi connectivity index (χ0n) is 11.0. The Morgan fingerprint density at radius 2 is 2.26 bits per heavy atom. The first-order valence-corrected chi connectivity index (χ1v) is 6.04. The second kappa shape index (κ2) is 6.72. The highest BCUT2D eigenvalue weighted by molar-refractivity contribution is 6.07. The Bertz CT molecular complexity index is 489. The number of amides is 1. The van der Waals surface area contributed by atoms with Gasteiger partial charge in [0.2, 0.25) is 5.91 Å². The maximum Gasteiger partial charge on any atom is 0.235 e. The zero-order chi connectivity index (χ0) is 14.4. The van der Waals surface area contributed by atoms with Crippen molar-refractivity contribution in [1.82, 2.24) is 0 Å². The van der Waals surface area contributed by atoms with Gasteiger partial charge in [-0.2, -0.15) is 0 Å². The van der Waals surface area contributed by atoms with Gasteiger partial charge in [0.15, 0.2) is 5.84 Å². The number of halogens is 1. The number of rotatable bonds is 5. The van der Waals surface area contributed by atoms with Gasteiger partial charge in [-0.15, -0.1) is 0 Å². The molecule has 0 saturated carbocycles. The number of amidine groups is 1. The van der Waals surface area contributed by atoms with E-state index in [9.17, 15) is 9.18 Å². The first kappa shape index (κ1) is 14.9. The third-order valence-corrected chi connectivity index (χ3v) is 2.89. The Labute approximate surface area is 111 Å². The molecule has 6 heteroatoms. The number of nitrogens with one attached hydrogen (secondary N) is 1. The van der Waals surface area contributed by atoms with Gasteiger partial charge >= 0.3 is 0 Å². The maximum absolute atomic E-state index is 13.4. The normalized spacial score (nSPS) is 13.1. The minimum atomic E-state index is -0.724. The van der Waals surface area contributed by atoms with E-state index in [2.05, 4.69) is 10.5 Å². The quantitative estimate of drug-likeness (QED) is 0.331. The van der Waals surface area contributed by atoms with Crippen molar-refractivity contribution in [3.63, 3.8) is 0 Å². The van der Waals surface area contributed by atoms with Gasteiger partial charge in [0, 0.05) is 11.3 Å². The van der Waals surface area contributed by atoms with E-state index in [4.69, 9.17) is 10.9 Å². The minimum absolute atomic E-state index is 0.145. The molecule has 5 nitrogen and oxygen atoms in total. The molecule has 0 aliphatic rings. The molecule has 0 aliphatic carbocycles. The first-order valence-electron chi connectivity index (χ1n) is 6.04. The molecule has 104 valence electrons. The fourth-order valence-electron chi connectivity index (χ4n) is 1.73. The van der Waals surface area contributed by atoms with Crippen LogP contribution in [0.1, 0.15) is 25.3 Å². The van der Waals surface area contributed by atoms with Crippen molar-refractivity contribution in [2.75, 3.05) is 5.32 Å². The molecule has 4 N–H and O–H groups in total. The Balaban J connectivity index is 2.90. The molecule has 0 radical (unpaired) electrons. The van der Waals surface area contributed by atoms with E-state index in [-0.39, 0.29) is 5.84 Å². The Morgan fingerprint density at radius 1 is 1.58 bits per heavy atom. The number of carbonyl (C=O) groups is 1. The molecule has 1 aromatic rings. The smallest absolute Gasteiger partial charge is 0.235 e. The number of oxime groups is 1. The molecule has 0 saturated heterocycles. The van der Waals surface area contributed by atoms with Crippen LogP contribution in [-0.2, 0) is 4.79 Å². The summed E-state index contributed by atoms with van der Waals surface area (Å²) in [6, 6.07) is 4.43. The van der Waals surface area contributed by atoms with E-state index in [1.54, 1.807) is 13.0 Å². The predicted octanol–water partition coefficient (Wildman–Crippen LogP) is 2.24. The number of nitrogens with two attached hydrogens (primary N) is 1. The average molecular weight is 267 g/mol. The molecule has 0 bridgehead atoms. The van der Waals surface area contributed by atoms with Crippen LogP contribution in [0.4, 0.5) is 10.1 Å². The SMILES string of the molecule is CCCC(C(=O)Nc1cccc(F)c1C)C(N)=NO. The molecule has 1 atom stereocenters. The number of nitrogens with zero attached hydrogens (tertiary/aromatic N) is 1. The molecule has 0 fully saturated rings. The van der Waals surface area contributed by atoms with Crippen LogP contribution in [0.5, 0.6) is 0 Å². The van der Waals surface area contributed by atoms with E-state index >= 15 is 0 Å². The zero-order valence-corrected chi connectivity index (χ0v) is 11.0. The van der Waals surface area contributed by atoms with Gasteiger partial charge in [0.05, 0.1) is 5.92 Å². The maximum atomic E-state index is 13.4. The summed E-state index contributed by atoms with van der Waals surface area (Å²) in [5.74, 6) is -1.68. The van der Waals surface area contributed by atoms with Crippen LogP contribution in [0.15, 0.2) is 23.4 Å². The second-order valence-electron chi connectivity index (χ2n) is 4.27. The molecule has 1 amide bonds. The summed E-state index contributed by atoms with van der Waals surface area (Å²) in [5, 5.41) is 14.1. The van der Waals surface area contributed by atoms with E-state index in [0.717, 1.165) is 0 Å². The van der Waals surface area contributed by atoms with Gasteiger partial charge in [-0.1, -0.05) is 24.6 Å². The van der Waals surface area contributed by atoms with Crippen molar-refractivity contribution < 1.29 is 14.4 Å². The van der Waals surface area contributed by atoms with E-state index in [1.165, 1.54) is 12.1 Å². The summed E-state index contributed by atoms with van der Waals surface area (Å²) in [5.41, 5.74) is 6.23. The molecule has 0 spiro atoms. The number of anilines is 1. The number of hydrogen-bond acceptors (Lipinski definition) is 3. The molecule has 0 aliphatic heterocycles. The number of carbonyl (C=O) groups excluding carboxylic acids is 1. The lowest BCUT2D eigenvalue weighted by atomic mass is 10.0. The van der Waals surface area contributed by atoms with Crippen LogP contribution in [0.2, 0.25) is 0 Å². The van der Waals surface area contributed by atoms with Crippen LogP contribution in [0.25, 0.3) is 0 Å². The summed E-state index contributed by atoms with van der Waals surface area (Å²) >= 11 is 0. The molecular formula is C13H18FN3O2. The second-order valence-corrected chi connectivity index (χ2v) is 4.27. The van der Waals surface area contributed by atoms with Crippen LogP contribution < -0.4 is 11.1 Å². The summed E-state index contributed by atoms with van der Waals surface area (Å²) < 4.78 is 13.4. The lowest BCUT2D eigenvalue weighted by molar-refractivity contribution is -0.118. The summed E-state index contributed by atoms with van der Waals surface area (Å²) in [4.78, 5) is 12.1. The van der Waals surface area contributed by atoms with E-state index in [1.807, 2.05) is 6.92 Å². The van der Waals surface area contributed by atoms with E-state index in [0.29, 0.717) is 24.1 Å². The van der Waals surface area contributed by atoms with Crippen LogP contribution in [-0.4, -0.2) is 17.0 Å². The highest BCUT2D eigenvalue weighted by atomic mass is 19.1. The molecule has 0 heterocycles. The van der Waals surface area contributed by atoms with Gasteiger partial charge < -0.3 is 16.3 Å². The van der Waals surface area contributed by atoms with Crippen molar-refractivity contribution in [3.05, 3.63) is 29.6 Å². The predicted molar refractivity (Wildman–Crippen MR) is 71.6 cm³/mol. The topological polar surface area (TPSA) is 87.7 Å². The molecular weight excluding hydrogens is 249 g/mol. The van der Waals surface area contributed by atoms with E-state index < -0.39 is 17.6 Å². The summed E-state index contributed by atoms with van der Waals surface area (Å²) in [7, 11) is 0. The summed E-state index contributed by atoms with van der Waals surface area (Å²) in [6.07, 6.45) is 1.16. The molecule has 1 aromatic carbocycles. The third-order valence-electron chi connectivity index (χ3n) is 2.89. The Morgan fingerprint density at radius 3 is 2.84 bits per heavy atom. The van der Waals surface area contributed by atoms with Gasteiger partial charge in [-0.3, -0.25) is 4.79 Å². The van der Waals surface area contributed by atoms with Crippen LogP contribution in [0.3, 0.4) is 0 Å². The molecule has 19 heavy (non-hydrogen) atoms. The Hall–Kier alpha value is -2.11. The van der Waals surface area contributed by atoms with Crippen LogP contribution in [0, 0.1) is 18.7 Å². The van der Waals surface area contributed by atoms with Crippen LogP contribution >= 0.6 is 0 Å². The van der Waals surface area contributed by atoms with Crippen molar-refractivity contribution in [2.24, 2.45) is 16.8 Å². The minimum Gasteiger partial charge on any atom is -0.409 e. The molecule has 1 rings (SSSR count). The van der Waals surface area contributed by atoms with Gasteiger partial charge in [-0.05, 0) is 25.5 Å². The van der Waals surface area contributed by atoms with Crippen molar-refractivity contribution >= 4 is 17.4 Å². The number of hydrogen-bond donors (Lipinski definition) is 3. The Kier molecular flexibility index (Phi) is 5.29. The highest BCUT2D eigenvalue weighted by Gasteiger charge is 2.23. The fraction of sp³-hybridized carbons (Fsp3) is 0.385. The standard InChI is InChI=1S/C13H18FN3O2/c1-3-5-9(12(15)17-19)13(18)16-11-7-4-6-10(14)8(11)2/h4,6-7,9,19H,3,5H2,1-2H3,(H2,15,17)(H,16,18).